The molecule has 3 rings (SSSR count). The first-order valence-corrected chi connectivity index (χ1v) is 7.65. The molecule has 17 heavy (non-hydrogen) atoms. The summed E-state index contributed by atoms with van der Waals surface area (Å²) in [5.74, 6) is 0.608. The van der Waals surface area contributed by atoms with Crippen molar-refractivity contribution in [3.8, 4) is 0 Å². The van der Waals surface area contributed by atoms with E-state index in [9.17, 15) is 0 Å². The second-order valence-electron chi connectivity index (χ2n) is 5.57. The number of thiophene rings is 1. The van der Waals surface area contributed by atoms with Crippen molar-refractivity contribution >= 4 is 11.3 Å². The van der Waals surface area contributed by atoms with Gasteiger partial charge in [0, 0.05) is 12.6 Å². The second-order valence-corrected chi connectivity index (χ2v) is 6.35. The Morgan fingerprint density at radius 3 is 2.94 bits per heavy atom. The average Bonchev–Trinajstić information content (AvgIpc) is 3.00. The number of hydrogen-bond acceptors (Lipinski definition) is 3. The van der Waals surface area contributed by atoms with Crippen molar-refractivity contribution in [3.63, 3.8) is 0 Å². The Bertz CT molecular complexity index is 356. The van der Waals surface area contributed by atoms with Gasteiger partial charge in [0.15, 0.2) is 0 Å². The van der Waals surface area contributed by atoms with E-state index in [2.05, 4.69) is 16.8 Å². The Kier molecular flexibility index (Phi) is 3.24. The molecule has 2 heterocycles. The van der Waals surface area contributed by atoms with Crippen LogP contribution in [0.2, 0.25) is 0 Å². The molecule has 94 valence electrons. The molecular formula is C14H21NOS. The summed E-state index contributed by atoms with van der Waals surface area (Å²) in [6.07, 6.45) is 7.46. The van der Waals surface area contributed by atoms with Crippen molar-refractivity contribution in [1.82, 2.24) is 0 Å². The first-order chi connectivity index (χ1) is 8.29. The Labute approximate surface area is 107 Å². The maximum atomic E-state index is 6.42. The molecule has 3 heteroatoms. The van der Waals surface area contributed by atoms with Gasteiger partial charge in [-0.25, -0.2) is 0 Å². The summed E-state index contributed by atoms with van der Waals surface area (Å²) in [6.45, 7) is 0.905. The first-order valence-electron chi connectivity index (χ1n) is 6.71. The molecule has 1 aliphatic carbocycles. The average molecular weight is 251 g/mol. The highest BCUT2D eigenvalue weighted by Gasteiger charge is 2.41. The summed E-state index contributed by atoms with van der Waals surface area (Å²) < 4.78 is 6.07. The highest BCUT2D eigenvalue weighted by molar-refractivity contribution is 7.07. The van der Waals surface area contributed by atoms with E-state index in [0.717, 1.165) is 13.0 Å². The highest BCUT2D eigenvalue weighted by atomic mass is 32.1. The third-order valence-corrected chi connectivity index (χ3v) is 5.18. The molecular weight excluding hydrogens is 230 g/mol. The molecule has 1 saturated carbocycles. The van der Waals surface area contributed by atoms with Gasteiger partial charge in [0.2, 0.25) is 0 Å². The van der Waals surface area contributed by atoms with Crippen molar-refractivity contribution in [3.05, 3.63) is 22.4 Å². The Morgan fingerprint density at radius 2 is 2.24 bits per heavy atom. The van der Waals surface area contributed by atoms with Crippen molar-refractivity contribution in [2.45, 2.75) is 50.2 Å². The van der Waals surface area contributed by atoms with Gasteiger partial charge >= 0.3 is 0 Å². The molecule has 2 aliphatic rings. The summed E-state index contributed by atoms with van der Waals surface area (Å²) in [5.41, 5.74) is 7.92. The van der Waals surface area contributed by atoms with Gasteiger partial charge in [0.05, 0.1) is 5.60 Å². The zero-order valence-electron chi connectivity index (χ0n) is 10.2. The van der Waals surface area contributed by atoms with E-state index in [-0.39, 0.29) is 11.6 Å². The molecule has 0 aromatic carbocycles. The predicted molar refractivity (Wildman–Crippen MR) is 71.1 cm³/mol. The van der Waals surface area contributed by atoms with Crippen molar-refractivity contribution in [1.29, 1.82) is 0 Å². The summed E-state index contributed by atoms with van der Waals surface area (Å²) >= 11 is 1.74. The van der Waals surface area contributed by atoms with Gasteiger partial charge in [-0.05, 0) is 54.0 Å². The van der Waals surface area contributed by atoms with Crippen LogP contribution in [0.1, 0.15) is 50.1 Å². The van der Waals surface area contributed by atoms with Crippen molar-refractivity contribution in [2.75, 3.05) is 6.61 Å². The number of rotatable bonds is 2. The third kappa shape index (κ3) is 2.28. The first kappa shape index (κ1) is 11.7. The van der Waals surface area contributed by atoms with E-state index in [4.69, 9.17) is 10.5 Å². The van der Waals surface area contributed by atoms with Crippen LogP contribution in [0.5, 0.6) is 0 Å². The van der Waals surface area contributed by atoms with E-state index in [0.29, 0.717) is 5.92 Å². The Balaban J connectivity index is 1.71. The van der Waals surface area contributed by atoms with Gasteiger partial charge in [0.1, 0.15) is 0 Å². The van der Waals surface area contributed by atoms with Crippen LogP contribution in [0.4, 0.5) is 0 Å². The van der Waals surface area contributed by atoms with Gasteiger partial charge in [-0.3, -0.25) is 0 Å². The zero-order chi connectivity index (χ0) is 11.7. The smallest absolute Gasteiger partial charge is 0.0685 e. The maximum Gasteiger partial charge on any atom is 0.0685 e. The zero-order valence-corrected chi connectivity index (χ0v) is 11.0. The Morgan fingerprint density at radius 1 is 1.41 bits per heavy atom. The lowest BCUT2D eigenvalue weighted by Crippen LogP contribution is -2.40. The van der Waals surface area contributed by atoms with Crippen LogP contribution < -0.4 is 5.73 Å². The molecule has 2 N–H and O–H groups in total. The summed E-state index contributed by atoms with van der Waals surface area (Å²) in [5, 5.41) is 4.32. The van der Waals surface area contributed by atoms with Crippen LogP contribution in [-0.4, -0.2) is 12.2 Å². The van der Waals surface area contributed by atoms with Crippen LogP contribution in [0.25, 0.3) is 0 Å². The minimum Gasteiger partial charge on any atom is -0.375 e. The normalized spacial score (nSPS) is 29.6. The number of ether oxygens (including phenoxy) is 1. The maximum absolute atomic E-state index is 6.42. The van der Waals surface area contributed by atoms with Gasteiger partial charge in [-0.15, -0.1) is 0 Å². The monoisotopic (exact) mass is 251 g/mol. The van der Waals surface area contributed by atoms with E-state index in [1.165, 1.54) is 37.7 Å². The molecule has 0 bridgehead atoms. The van der Waals surface area contributed by atoms with E-state index >= 15 is 0 Å². The second kappa shape index (κ2) is 4.71. The van der Waals surface area contributed by atoms with Crippen LogP contribution in [0, 0.1) is 5.92 Å². The predicted octanol–water partition coefficient (Wildman–Crippen LogP) is 3.49. The Hall–Kier alpha value is -0.380. The molecule has 1 aromatic rings. The minimum atomic E-state index is 0.191. The lowest BCUT2D eigenvalue weighted by Gasteiger charge is -2.40. The molecule has 1 spiro atoms. The molecule has 0 radical (unpaired) electrons. The van der Waals surface area contributed by atoms with Crippen molar-refractivity contribution < 1.29 is 4.74 Å². The fraction of sp³-hybridized carbons (Fsp3) is 0.714. The number of nitrogens with two attached hydrogens (primary N) is 1. The summed E-state index contributed by atoms with van der Waals surface area (Å²) in [6, 6.07) is 2.38. The lowest BCUT2D eigenvalue weighted by atomic mass is 9.79. The van der Waals surface area contributed by atoms with Gasteiger partial charge in [0.25, 0.3) is 0 Å². The van der Waals surface area contributed by atoms with Gasteiger partial charge in [-0.2, -0.15) is 11.3 Å². The quantitative estimate of drug-likeness (QED) is 0.873. The molecule has 1 aromatic heterocycles. The summed E-state index contributed by atoms with van der Waals surface area (Å²) in [4.78, 5) is 0. The van der Waals surface area contributed by atoms with Crippen LogP contribution in [0.15, 0.2) is 16.8 Å². The SMILES string of the molecule is NC(c1ccsc1)C1CCOC2(CCCC2)C1. The van der Waals surface area contributed by atoms with Crippen LogP contribution in [-0.2, 0) is 4.74 Å². The van der Waals surface area contributed by atoms with Crippen LogP contribution in [0.3, 0.4) is 0 Å². The fourth-order valence-corrected chi connectivity index (χ4v) is 4.18. The molecule has 2 nitrogen and oxygen atoms in total. The minimum absolute atomic E-state index is 0.191. The van der Waals surface area contributed by atoms with Crippen LogP contribution >= 0.6 is 11.3 Å². The van der Waals surface area contributed by atoms with Gasteiger partial charge in [-0.1, -0.05) is 12.8 Å². The molecule has 2 fully saturated rings. The fourth-order valence-electron chi connectivity index (χ4n) is 3.48. The standard InChI is InChI=1S/C14H21NOS/c15-13(12-4-8-17-10-12)11-3-7-16-14(9-11)5-1-2-6-14/h4,8,10-11,13H,1-3,5-7,9,15H2. The molecule has 2 atom stereocenters. The van der Waals surface area contributed by atoms with Gasteiger partial charge < -0.3 is 10.5 Å². The molecule has 2 unspecified atom stereocenters. The van der Waals surface area contributed by atoms with E-state index in [1.54, 1.807) is 11.3 Å². The largest absolute Gasteiger partial charge is 0.375 e. The lowest BCUT2D eigenvalue weighted by molar-refractivity contribution is -0.0963. The van der Waals surface area contributed by atoms with Crippen molar-refractivity contribution in [2.24, 2.45) is 11.7 Å². The summed E-state index contributed by atoms with van der Waals surface area (Å²) in [7, 11) is 0. The van der Waals surface area contributed by atoms with E-state index in [1.807, 2.05) is 0 Å². The topological polar surface area (TPSA) is 35.2 Å². The molecule has 1 aliphatic heterocycles. The van der Waals surface area contributed by atoms with E-state index < -0.39 is 0 Å². The highest BCUT2D eigenvalue weighted by Crippen LogP contribution is 2.44. The number of hydrogen-bond donors (Lipinski definition) is 1. The third-order valence-electron chi connectivity index (χ3n) is 4.48. The molecule has 0 amide bonds. The molecule has 1 saturated heterocycles.